The quantitative estimate of drug-likeness (QED) is 0.503. The molecule has 2 atom stereocenters. The van der Waals surface area contributed by atoms with Crippen LogP contribution in [0.15, 0.2) is 18.4 Å². The molecule has 0 aliphatic rings. The smallest absolute Gasteiger partial charge is 0.0246 e. The Labute approximate surface area is 83.7 Å². The third kappa shape index (κ3) is 6.66. The minimum Gasteiger partial charge on any atom is -0.133 e. The molecule has 0 radical (unpaired) electrons. The van der Waals surface area contributed by atoms with Gasteiger partial charge in [-0.3, -0.25) is 0 Å². The molecule has 2 unspecified atom stereocenters. The number of allylic oxidation sites excluding steroid dienone is 1. The molecule has 0 fully saturated rings. The third-order valence-corrected chi connectivity index (χ3v) is 2.69. The fraction of sp³-hybridized carbons (Fsp3) is 0.769. The fourth-order valence-corrected chi connectivity index (χ4v) is 1.86. The standard InChI is InChI=1S/C13H24/c1-5-8-10-13(7-3)11-12(4)9-6-2/h8,12-13H,1,6-7,9-11H2,2-4H3. The van der Waals surface area contributed by atoms with Crippen LogP contribution in [0.1, 0.15) is 52.9 Å². The first-order valence-corrected chi connectivity index (χ1v) is 5.58. The molecule has 13 heavy (non-hydrogen) atoms. The Bertz CT molecular complexity index is 151. The summed E-state index contributed by atoms with van der Waals surface area (Å²) in [5, 5.41) is 0. The van der Waals surface area contributed by atoms with E-state index in [0.717, 1.165) is 18.3 Å². The molecule has 0 spiro atoms. The van der Waals surface area contributed by atoms with Crippen LogP contribution in [0.5, 0.6) is 0 Å². The van der Waals surface area contributed by atoms with Crippen molar-refractivity contribution in [3.05, 3.63) is 18.4 Å². The van der Waals surface area contributed by atoms with Crippen molar-refractivity contribution >= 4 is 0 Å². The molecule has 0 amide bonds. The Morgan fingerprint density at radius 3 is 2.54 bits per heavy atom. The van der Waals surface area contributed by atoms with E-state index in [1.54, 1.807) is 0 Å². The van der Waals surface area contributed by atoms with E-state index in [2.05, 4.69) is 39.2 Å². The van der Waals surface area contributed by atoms with E-state index in [-0.39, 0.29) is 0 Å². The van der Waals surface area contributed by atoms with Gasteiger partial charge in [-0.05, 0) is 30.8 Å². The van der Waals surface area contributed by atoms with Crippen LogP contribution in [0.4, 0.5) is 0 Å². The van der Waals surface area contributed by atoms with Crippen LogP contribution in [0.3, 0.4) is 0 Å². The van der Waals surface area contributed by atoms with Gasteiger partial charge < -0.3 is 0 Å². The van der Waals surface area contributed by atoms with Gasteiger partial charge in [0.25, 0.3) is 0 Å². The maximum atomic E-state index is 3.60. The van der Waals surface area contributed by atoms with Crippen LogP contribution in [0, 0.1) is 11.8 Å². The lowest BCUT2D eigenvalue weighted by Gasteiger charge is -2.17. The molecule has 0 nitrogen and oxygen atoms in total. The fourth-order valence-electron chi connectivity index (χ4n) is 1.86. The lowest BCUT2D eigenvalue weighted by atomic mass is 9.89. The van der Waals surface area contributed by atoms with Crippen LogP contribution in [-0.2, 0) is 0 Å². The molecule has 0 saturated heterocycles. The average Bonchev–Trinajstić information content (AvgIpc) is 2.12. The van der Waals surface area contributed by atoms with Crippen molar-refractivity contribution in [1.29, 1.82) is 0 Å². The Hall–Kier alpha value is -0.480. The van der Waals surface area contributed by atoms with Crippen molar-refractivity contribution in [3.63, 3.8) is 0 Å². The second-order valence-electron chi connectivity index (χ2n) is 4.05. The lowest BCUT2D eigenvalue weighted by molar-refractivity contribution is 0.365. The highest BCUT2D eigenvalue weighted by Crippen LogP contribution is 2.22. The molecule has 0 aliphatic carbocycles. The highest BCUT2D eigenvalue weighted by molar-refractivity contribution is 4.79. The van der Waals surface area contributed by atoms with Gasteiger partial charge in [-0.25, -0.2) is 0 Å². The van der Waals surface area contributed by atoms with Gasteiger partial charge in [0.05, 0.1) is 0 Å². The first kappa shape index (κ1) is 12.5. The largest absolute Gasteiger partial charge is 0.133 e. The topological polar surface area (TPSA) is 0 Å². The summed E-state index contributed by atoms with van der Waals surface area (Å²) in [6.07, 6.45) is 8.57. The summed E-state index contributed by atoms with van der Waals surface area (Å²) in [5.41, 5.74) is 2.86. The first-order chi connectivity index (χ1) is 6.24. The average molecular weight is 180 g/mol. The molecule has 0 heterocycles. The molecule has 0 aromatic heterocycles. The maximum absolute atomic E-state index is 3.60. The number of hydrogen-bond acceptors (Lipinski definition) is 0. The van der Waals surface area contributed by atoms with Crippen molar-refractivity contribution < 1.29 is 0 Å². The van der Waals surface area contributed by atoms with Gasteiger partial charge >= 0.3 is 0 Å². The summed E-state index contributed by atoms with van der Waals surface area (Å²) in [5.74, 6) is 1.73. The predicted molar refractivity (Wildman–Crippen MR) is 60.8 cm³/mol. The van der Waals surface area contributed by atoms with E-state index in [1.165, 1.54) is 25.7 Å². The zero-order valence-electron chi connectivity index (χ0n) is 9.47. The molecule has 0 rings (SSSR count). The summed E-state index contributed by atoms with van der Waals surface area (Å²) in [7, 11) is 0. The monoisotopic (exact) mass is 180 g/mol. The van der Waals surface area contributed by atoms with Crippen LogP contribution in [0.25, 0.3) is 0 Å². The molecule has 0 aromatic carbocycles. The number of rotatable bonds is 7. The molecule has 0 aromatic rings. The van der Waals surface area contributed by atoms with Crippen LogP contribution < -0.4 is 0 Å². The second kappa shape index (κ2) is 8.13. The Morgan fingerprint density at radius 2 is 2.08 bits per heavy atom. The van der Waals surface area contributed by atoms with Gasteiger partial charge in [0, 0.05) is 0 Å². The normalized spacial score (nSPS) is 14.7. The summed E-state index contributed by atoms with van der Waals surface area (Å²) < 4.78 is 0. The van der Waals surface area contributed by atoms with Crippen molar-refractivity contribution in [2.75, 3.05) is 0 Å². The molecule has 0 bridgehead atoms. The molecule has 0 saturated carbocycles. The Balaban J connectivity index is 3.74. The maximum Gasteiger partial charge on any atom is -0.0246 e. The van der Waals surface area contributed by atoms with Crippen molar-refractivity contribution in [2.24, 2.45) is 11.8 Å². The SMILES string of the molecule is C=C=CCC(CC)CC(C)CCC. The third-order valence-electron chi connectivity index (χ3n) is 2.69. The summed E-state index contributed by atoms with van der Waals surface area (Å²) in [6.45, 7) is 10.5. The van der Waals surface area contributed by atoms with Crippen LogP contribution >= 0.6 is 0 Å². The zero-order chi connectivity index (χ0) is 10.1. The van der Waals surface area contributed by atoms with Gasteiger partial charge in [-0.15, -0.1) is 5.73 Å². The Kier molecular flexibility index (Phi) is 7.83. The van der Waals surface area contributed by atoms with E-state index < -0.39 is 0 Å². The Morgan fingerprint density at radius 1 is 1.38 bits per heavy atom. The minimum absolute atomic E-state index is 0.843. The van der Waals surface area contributed by atoms with E-state index in [1.807, 2.05) is 0 Å². The lowest BCUT2D eigenvalue weighted by Crippen LogP contribution is -2.04. The second-order valence-corrected chi connectivity index (χ2v) is 4.05. The van der Waals surface area contributed by atoms with Crippen LogP contribution in [0.2, 0.25) is 0 Å². The number of hydrogen-bond donors (Lipinski definition) is 0. The van der Waals surface area contributed by atoms with E-state index in [9.17, 15) is 0 Å². The van der Waals surface area contributed by atoms with Gasteiger partial charge in [0.2, 0.25) is 0 Å². The van der Waals surface area contributed by atoms with Crippen LogP contribution in [-0.4, -0.2) is 0 Å². The van der Waals surface area contributed by atoms with Gasteiger partial charge in [-0.2, -0.15) is 0 Å². The van der Waals surface area contributed by atoms with E-state index >= 15 is 0 Å². The molecule has 76 valence electrons. The van der Waals surface area contributed by atoms with Crippen molar-refractivity contribution in [2.45, 2.75) is 52.9 Å². The highest BCUT2D eigenvalue weighted by Gasteiger charge is 2.09. The summed E-state index contributed by atoms with van der Waals surface area (Å²) in [6, 6.07) is 0. The molecular formula is C13H24. The minimum atomic E-state index is 0.843. The summed E-state index contributed by atoms with van der Waals surface area (Å²) >= 11 is 0. The first-order valence-electron chi connectivity index (χ1n) is 5.58. The van der Waals surface area contributed by atoms with Gasteiger partial charge in [0.1, 0.15) is 0 Å². The van der Waals surface area contributed by atoms with E-state index in [0.29, 0.717) is 0 Å². The zero-order valence-corrected chi connectivity index (χ0v) is 9.47. The molecule has 0 aliphatic heterocycles. The van der Waals surface area contributed by atoms with Gasteiger partial charge in [0.15, 0.2) is 0 Å². The predicted octanol–water partition coefficient (Wildman–Crippen LogP) is 4.57. The van der Waals surface area contributed by atoms with Crippen molar-refractivity contribution in [1.82, 2.24) is 0 Å². The van der Waals surface area contributed by atoms with E-state index in [4.69, 9.17) is 0 Å². The summed E-state index contributed by atoms with van der Waals surface area (Å²) in [4.78, 5) is 0. The molecular weight excluding hydrogens is 156 g/mol. The van der Waals surface area contributed by atoms with Crippen molar-refractivity contribution in [3.8, 4) is 0 Å². The highest BCUT2D eigenvalue weighted by atomic mass is 14.1. The molecule has 0 N–H and O–H groups in total. The molecule has 0 heteroatoms. The van der Waals surface area contributed by atoms with Gasteiger partial charge in [-0.1, -0.05) is 46.6 Å².